The van der Waals surface area contributed by atoms with Crippen LogP contribution in [-0.2, 0) is 13.1 Å². The molecule has 0 aliphatic heterocycles. The second kappa shape index (κ2) is 6.33. The van der Waals surface area contributed by atoms with Crippen molar-refractivity contribution in [1.29, 1.82) is 0 Å². The fraction of sp³-hybridized carbons (Fsp3) is 0.316. The van der Waals surface area contributed by atoms with Gasteiger partial charge in [-0.25, -0.2) is 14.3 Å². The molecule has 0 bridgehead atoms. The average molecular weight is 352 g/mol. The van der Waals surface area contributed by atoms with Crippen molar-refractivity contribution in [2.24, 2.45) is 5.92 Å². The minimum absolute atomic E-state index is 0.296. The molecule has 3 aromatic rings. The van der Waals surface area contributed by atoms with Crippen LogP contribution < -0.4 is 16.0 Å². The highest BCUT2D eigenvalue weighted by Gasteiger charge is 2.26. The first-order chi connectivity index (χ1) is 12.6. The van der Waals surface area contributed by atoms with E-state index in [1.54, 1.807) is 30.1 Å². The summed E-state index contributed by atoms with van der Waals surface area (Å²) < 4.78 is 9.83. The zero-order valence-corrected chi connectivity index (χ0v) is 14.6. The Bertz CT molecular complexity index is 1100. The van der Waals surface area contributed by atoms with Gasteiger partial charge in [-0.15, -0.1) is 6.58 Å². The van der Waals surface area contributed by atoms with Crippen LogP contribution in [-0.4, -0.2) is 25.8 Å². The Balaban J connectivity index is 2.05. The number of fused-ring (bicyclic) bond motifs is 1. The van der Waals surface area contributed by atoms with Crippen molar-refractivity contribution in [2.45, 2.75) is 25.9 Å². The van der Waals surface area contributed by atoms with Gasteiger partial charge in [-0.05, 0) is 30.9 Å². The second-order valence-electron chi connectivity index (χ2n) is 6.54. The van der Waals surface area contributed by atoms with Gasteiger partial charge in [0.25, 0.3) is 5.56 Å². The maximum absolute atomic E-state index is 13.1. The molecule has 7 heteroatoms. The van der Waals surface area contributed by atoms with Crippen molar-refractivity contribution in [1.82, 2.24) is 18.7 Å². The molecule has 2 heterocycles. The number of rotatable bonds is 6. The normalized spacial score (nSPS) is 13.9. The molecule has 1 aliphatic carbocycles. The zero-order valence-electron chi connectivity index (χ0n) is 14.6. The number of hydrogen-bond acceptors (Lipinski definition) is 4. The Labute approximate surface area is 149 Å². The van der Waals surface area contributed by atoms with E-state index in [-0.39, 0.29) is 11.2 Å². The molecule has 0 amide bonds. The van der Waals surface area contributed by atoms with Crippen LogP contribution in [0.15, 0.2) is 52.8 Å². The number of methoxy groups -OCH3 is 1. The van der Waals surface area contributed by atoms with Gasteiger partial charge in [-0.3, -0.25) is 9.36 Å². The maximum atomic E-state index is 13.1. The SMILES string of the molecule is C=CCn1cnc2c1c(=O)n(CC1CC1)c(=O)n2-c1cccc(OC)c1. The molecule has 0 atom stereocenters. The minimum atomic E-state index is -0.369. The minimum Gasteiger partial charge on any atom is -0.497 e. The van der Waals surface area contributed by atoms with Crippen molar-refractivity contribution in [3.63, 3.8) is 0 Å². The Kier molecular flexibility index (Phi) is 3.99. The summed E-state index contributed by atoms with van der Waals surface area (Å²) in [5.74, 6) is 1.03. The van der Waals surface area contributed by atoms with Crippen molar-refractivity contribution in [2.75, 3.05) is 7.11 Å². The molecule has 26 heavy (non-hydrogen) atoms. The van der Waals surface area contributed by atoms with Gasteiger partial charge in [-0.2, -0.15) is 0 Å². The van der Waals surface area contributed by atoms with Gasteiger partial charge in [-0.1, -0.05) is 12.1 Å². The first kappa shape index (κ1) is 16.4. The molecule has 0 saturated heterocycles. The lowest BCUT2D eigenvalue weighted by molar-refractivity contribution is 0.414. The van der Waals surface area contributed by atoms with Crippen molar-refractivity contribution in [3.05, 3.63) is 64.1 Å². The predicted molar refractivity (Wildman–Crippen MR) is 99.1 cm³/mol. The van der Waals surface area contributed by atoms with E-state index in [1.807, 2.05) is 18.2 Å². The lowest BCUT2D eigenvalue weighted by Crippen LogP contribution is -2.40. The lowest BCUT2D eigenvalue weighted by Gasteiger charge is -2.13. The highest BCUT2D eigenvalue weighted by Crippen LogP contribution is 2.30. The number of ether oxygens (including phenoxy) is 1. The molecule has 2 aromatic heterocycles. The number of hydrogen-bond donors (Lipinski definition) is 0. The summed E-state index contributed by atoms with van der Waals surface area (Å²) in [6.07, 6.45) is 5.38. The maximum Gasteiger partial charge on any atom is 0.337 e. The van der Waals surface area contributed by atoms with Crippen LogP contribution in [0.3, 0.4) is 0 Å². The molecule has 4 rings (SSSR count). The fourth-order valence-corrected chi connectivity index (χ4v) is 3.16. The number of nitrogens with zero attached hydrogens (tertiary/aromatic N) is 4. The number of aromatic nitrogens is 4. The van der Waals surface area contributed by atoms with Gasteiger partial charge in [0.2, 0.25) is 0 Å². The Hall–Kier alpha value is -3.09. The smallest absolute Gasteiger partial charge is 0.337 e. The molecule has 0 spiro atoms. The van der Waals surface area contributed by atoms with E-state index >= 15 is 0 Å². The van der Waals surface area contributed by atoms with Gasteiger partial charge >= 0.3 is 5.69 Å². The first-order valence-corrected chi connectivity index (χ1v) is 8.60. The van der Waals surface area contributed by atoms with Crippen molar-refractivity contribution in [3.8, 4) is 11.4 Å². The fourth-order valence-electron chi connectivity index (χ4n) is 3.16. The summed E-state index contributed by atoms with van der Waals surface area (Å²) in [5.41, 5.74) is 0.713. The summed E-state index contributed by atoms with van der Waals surface area (Å²) in [6.45, 7) is 4.62. The van der Waals surface area contributed by atoms with Crippen LogP contribution in [0.1, 0.15) is 12.8 Å². The predicted octanol–water partition coefficient (Wildman–Crippen LogP) is 1.95. The summed E-state index contributed by atoms with van der Waals surface area (Å²) in [5, 5.41) is 0. The zero-order chi connectivity index (χ0) is 18.3. The van der Waals surface area contributed by atoms with Gasteiger partial charge < -0.3 is 9.30 Å². The second-order valence-corrected chi connectivity index (χ2v) is 6.54. The molecule has 1 aliphatic rings. The van der Waals surface area contributed by atoms with Crippen LogP contribution in [0.25, 0.3) is 16.9 Å². The summed E-state index contributed by atoms with van der Waals surface area (Å²) in [7, 11) is 1.57. The number of benzene rings is 1. The molecule has 1 aromatic carbocycles. The van der Waals surface area contributed by atoms with E-state index < -0.39 is 0 Å². The molecular formula is C19H20N4O3. The monoisotopic (exact) mass is 352 g/mol. The van der Waals surface area contributed by atoms with E-state index in [0.29, 0.717) is 41.6 Å². The van der Waals surface area contributed by atoms with Gasteiger partial charge in [0.05, 0.1) is 19.1 Å². The highest BCUT2D eigenvalue weighted by molar-refractivity contribution is 5.72. The van der Waals surface area contributed by atoms with Crippen LogP contribution in [0, 0.1) is 5.92 Å². The van der Waals surface area contributed by atoms with Crippen LogP contribution in [0.5, 0.6) is 5.75 Å². The van der Waals surface area contributed by atoms with Crippen LogP contribution in [0.2, 0.25) is 0 Å². The Morgan fingerprint density at radius 1 is 1.35 bits per heavy atom. The largest absolute Gasteiger partial charge is 0.497 e. The molecule has 1 saturated carbocycles. The molecule has 7 nitrogen and oxygen atoms in total. The summed E-state index contributed by atoms with van der Waals surface area (Å²) >= 11 is 0. The van der Waals surface area contributed by atoms with E-state index in [4.69, 9.17) is 4.74 Å². The average Bonchev–Trinajstić information content (AvgIpc) is 3.38. The van der Waals surface area contributed by atoms with Crippen LogP contribution in [0.4, 0.5) is 0 Å². The molecule has 134 valence electrons. The van der Waals surface area contributed by atoms with Gasteiger partial charge in [0, 0.05) is 19.2 Å². The van der Waals surface area contributed by atoms with Crippen molar-refractivity contribution < 1.29 is 4.74 Å². The third-order valence-electron chi connectivity index (χ3n) is 4.68. The Morgan fingerprint density at radius 3 is 2.85 bits per heavy atom. The van der Waals surface area contributed by atoms with Crippen molar-refractivity contribution >= 4 is 11.2 Å². The number of imidazole rings is 1. The molecular weight excluding hydrogens is 332 g/mol. The quantitative estimate of drug-likeness (QED) is 0.636. The van der Waals surface area contributed by atoms with Gasteiger partial charge in [0.1, 0.15) is 5.75 Å². The molecule has 1 fully saturated rings. The standard InChI is InChI=1S/C19H20N4O3/c1-3-9-21-12-20-17-16(21)18(24)22(11-13-7-8-13)19(25)23(17)14-5-4-6-15(10-14)26-2/h3-6,10,12-13H,1,7-9,11H2,2H3. The third-order valence-corrected chi connectivity index (χ3v) is 4.68. The molecule has 0 N–H and O–H groups in total. The molecule has 0 unspecified atom stereocenters. The third kappa shape index (κ3) is 2.65. The molecule has 0 radical (unpaired) electrons. The van der Waals surface area contributed by atoms with Crippen LogP contribution >= 0.6 is 0 Å². The summed E-state index contributed by atoms with van der Waals surface area (Å²) in [4.78, 5) is 30.5. The first-order valence-electron chi connectivity index (χ1n) is 8.60. The van der Waals surface area contributed by atoms with E-state index in [9.17, 15) is 9.59 Å². The number of allylic oxidation sites excluding steroid dienone is 1. The highest BCUT2D eigenvalue weighted by atomic mass is 16.5. The van der Waals surface area contributed by atoms with Gasteiger partial charge in [0.15, 0.2) is 11.2 Å². The Morgan fingerprint density at radius 2 is 2.15 bits per heavy atom. The van der Waals surface area contributed by atoms with E-state index in [0.717, 1.165) is 12.8 Å². The lowest BCUT2D eigenvalue weighted by atomic mass is 10.3. The topological polar surface area (TPSA) is 71.0 Å². The summed E-state index contributed by atoms with van der Waals surface area (Å²) in [6, 6.07) is 7.19. The van der Waals surface area contributed by atoms with E-state index in [2.05, 4.69) is 11.6 Å². The van der Waals surface area contributed by atoms with E-state index in [1.165, 1.54) is 9.13 Å².